The Morgan fingerprint density at radius 1 is 1.10 bits per heavy atom. The maximum Gasteiger partial charge on any atom is 0.128 e. The Bertz CT molecular complexity index is 515. The van der Waals surface area contributed by atoms with Crippen LogP contribution in [0.2, 0.25) is 0 Å². The van der Waals surface area contributed by atoms with Gasteiger partial charge in [0.15, 0.2) is 0 Å². The predicted octanol–water partition coefficient (Wildman–Crippen LogP) is 4.88. The second-order valence-electron chi connectivity index (χ2n) is 7.57. The molecule has 2 rings (SSSR count). The minimum Gasteiger partial charge on any atom is -0.493 e. The zero-order valence-electron chi connectivity index (χ0n) is 14.4. The van der Waals surface area contributed by atoms with Crippen LogP contribution in [0.1, 0.15) is 83.6 Å². The summed E-state index contributed by atoms with van der Waals surface area (Å²) in [6.07, 6.45) is 2.42. The molecule has 0 saturated heterocycles. The van der Waals surface area contributed by atoms with E-state index < -0.39 is 6.10 Å². The summed E-state index contributed by atoms with van der Waals surface area (Å²) >= 11 is 0. The highest BCUT2D eigenvalue weighted by Gasteiger charge is 2.32. The van der Waals surface area contributed by atoms with Crippen LogP contribution in [-0.2, 0) is 10.8 Å². The van der Waals surface area contributed by atoms with Crippen molar-refractivity contribution in [2.45, 2.75) is 77.7 Å². The standard InChI is InChI=1S/C19H30O2/c1-7-18(3,4)13-11-14-16(20)9-10-21-17(14)15(12-13)19(5,6)8-2/h11-12,16,20H,7-10H2,1-6H3/t16-/m1/s1. The van der Waals surface area contributed by atoms with E-state index in [4.69, 9.17) is 4.74 Å². The highest BCUT2D eigenvalue weighted by molar-refractivity contribution is 5.51. The highest BCUT2D eigenvalue weighted by atomic mass is 16.5. The van der Waals surface area contributed by atoms with Crippen molar-refractivity contribution in [3.63, 3.8) is 0 Å². The molecular weight excluding hydrogens is 260 g/mol. The van der Waals surface area contributed by atoms with E-state index in [1.165, 1.54) is 11.1 Å². The molecule has 1 aromatic rings. The lowest BCUT2D eigenvalue weighted by Gasteiger charge is -2.34. The van der Waals surface area contributed by atoms with Gasteiger partial charge in [-0.1, -0.05) is 47.6 Å². The van der Waals surface area contributed by atoms with Gasteiger partial charge in [-0.15, -0.1) is 0 Å². The van der Waals surface area contributed by atoms with Crippen molar-refractivity contribution in [1.82, 2.24) is 0 Å². The molecule has 1 aliphatic rings. The Kier molecular flexibility index (Phi) is 4.39. The van der Waals surface area contributed by atoms with Gasteiger partial charge in [-0.05, 0) is 35.3 Å². The minimum absolute atomic E-state index is 0.0565. The molecule has 0 aromatic heterocycles. The molecule has 1 heterocycles. The quantitative estimate of drug-likeness (QED) is 0.856. The fourth-order valence-corrected chi connectivity index (χ4v) is 2.78. The van der Waals surface area contributed by atoms with Gasteiger partial charge in [0, 0.05) is 17.5 Å². The van der Waals surface area contributed by atoms with Crippen molar-refractivity contribution in [2.24, 2.45) is 0 Å². The summed E-state index contributed by atoms with van der Waals surface area (Å²) in [5.74, 6) is 0.927. The van der Waals surface area contributed by atoms with Crippen molar-refractivity contribution < 1.29 is 9.84 Å². The molecule has 0 amide bonds. The average Bonchev–Trinajstić information content (AvgIpc) is 2.46. The zero-order chi connectivity index (χ0) is 15.8. The second kappa shape index (κ2) is 5.64. The largest absolute Gasteiger partial charge is 0.493 e. The summed E-state index contributed by atoms with van der Waals surface area (Å²) in [6.45, 7) is 14.1. The number of rotatable bonds is 4. The molecule has 1 aliphatic heterocycles. The molecular formula is C19H30O2. The van der Waals surface area contributed by atoms with Gasteiger partial charge < -0.3 is 9.84 Å². The van der Waals surface area contributed by atoms with E-state index in [-0.39, 0.29) is 10.8 Å². The fraction of sp³-hybridized carbons (Fsp3) is 0.684. The van der Waals surface area contributed by atoms with Crippen LogP contribution in [0.3, 0.4) is 0 Å². The number of benzene rings is 1. The van der Waals surface area contributed by atoms with Crippen LogP contribution in [0.25, 0.3) is 0 Å². The minimum atomic E-state index is -0.396. The summed E-state index contributed by atoms with van der Waals surface area (Å²) in [6, 6.07) is 4.47. The molecule has 1 N–H and O–H groups in total. The molecule has 0 radical (unpaired) electrons. The molecule has 2 heteroatoms. The van der Waals surface area contributed by atoms with Gasteiger partial charge in [-0.3, -0.25) is 0 Å². The van der Waals surface area contributed by atoms with Gasteiger partial charge in [-0.25, -0.2) is 0 Å². The molecule has 2 nitrogen and oxygen atoms in total. The maximum absolute atomic E-state index is 10.4. The summed E-state index contributed by atoms with van der Waals surface area (Å²) in [4.78, 5) is 0. The molecule has 1 atom stereocenters. The Morgan fingerprint density at radius 2 is 1.71 bits per heavy atom. The monoisotopic (exact) mass is 290 g/mol. The summed E-state index contributed by atoms with van der Waals surface area (Å²) in [5, 5.41) is 10.4. The number of ether oxygens (including phenoxy) is 1. The van der Waals surface area contributed by atoms with Crippen LogP contribution in [0.15, 0.2) is 12.1 Å². The molecule has 0 aliphatic carbocycles. The van der Waals surface area contributed by atoms with Gasteiger partial charge in [-0.2, -0.15) is 0 Å². The van der Waals surface area contributed by atoms with Crippen molar-refractivity contribution in [2.75, 3.05) is 6.61 Å². The average molecular weight is 290 g/mol. The van der Waals surface area contributed by atoms with Crippen LogP contribution < -0.4 is 4.74 Å². The smallest absolute Gasteiger partial charge is 0.128 e. The van der Waals surface area contributed by atoms with E-state index in [0.717, 1.165) is 24.2 Å². The van der Waals surface area contributed by atoms with Crippen molar-refractivity contribution in [3.8, 4) is 5.75 Å². The third-order valence-corrected chi connectivity index (χ3v) is 5.39. The first-order valence-electron chi connectivity index (χ1n) is 8.22. The van der Waals surface area contributed by atoms with Crippen LogP contribution in [-0.4, -0.2) is 11.7 Å². The molecule has 0 unspecified atom stereocenters. The topological polar surface area (TPSA) is 29.5 Å². The maximum atomic E-state index is 10.4. The molecule has 0 saturated carbocycles. The Balaban J connectivity index is 2.68. The molecule has 0 spiro atoms. The Hall–Kier alpha value is -1.02. The predicted molar refractivity (Wildman–Crippen MR) is 88.1 cm³/mol. The SMILES string of the molecule is CCC(C)(C)c1cc2c(c(C(C)(C)CC)c1)OCC[C@H]2O. The molecule has 21 heavy (non-hydrogen) atoms. The molecule has 0 fully saturated rings. The van der Waals surface area contributed by atoms with Crippen LogP contribution in [0, 0.1) is 0 Å². The summed E-state index contributed by atoms with van der Waals surface area (Å²) < 4.78 is 5.95. The van der Waals surface area contributed by atoms with Gasteiger partial charge in [0.05, 0.1) is 12.7 Å². The first kappa shape index (κ1) is 16.4. The third-order valence-electron chi connectivity index (χ3n) is 5.39. The Morgan fingerprint density at radius 3 is 2.29 bits per heavy atom. The zero-order valence-corrected chi connectivity index (χ0v) is 14.4. The highest BCUT2D eigenvalue weighted by Crippen LogP contribution is 2.44. The fourth-order valence-electron chi connectivity index (χ4n) is 2.78. The second-order valence-corrected chi connectivity index (χ2v) is 7.57. The van der Waals surface area contributed by atoms with Gasteiger partial charge in [0.1, 0.15) is 5.75 Å². The lowest BCUT2D eigenvalue weighted by atomic mass is 9.74. The normalized spacial score (nSPS) is 19.1. The number of fused-ring (bicyclic) bond motifs is 1. The molecule has 118 valence electrons. The number of hydrogen-bond acceptors (Lipinski definition) is 2. The first-order chi connectivity index (χ1) is 9.73. The van der Waals surface area contributed by atoms with Crippen LogP contribution >= 0.6 is 0 Å². The number of aliphatic hydroxyl groups excluding tert-OH is 1. The van der Waals surface area contributed by atoms with E-state index in [9.17, 15) is 5.11 Å². The summed E-state index contributed by atoms with van der Waals surface area (Å²) in [5.41, 5.74) is 3.71. The van der Waals surface area contributed by atoms with Gasteiger partial charge >= 0.3 is 0 Å². The Labute approximate surface area is 129 Å². The van der Waals surface area contributed by atoms with E-state index in [1.54, 1.807) is 0 Å². The van der Waals surface area contributed by atoms with Gasteiger partial charge in [0.2, 0.25) is 0 Å². The summed E-state index contributed by atoms with van der Waals surface area (Å²) in [7, 11) is 0. The molecule has 0 bridgehead atoms. The van der Waals surface area contributed by atoms with E-state index in [2.05, 4.69) is 53.7 Å². The third kappa shape index (κ3) is 2.96. The lowest BCUT2D eigenvalue weighted by molar-refractivity contribution is 0.113. The van der Waals surface area contributed by atoms with E-state index in [0.29, 0.717) is 13.0 Å². The number of hydrogen-bond donors (Lipinski definition) is 1. The lowest BCUT2D eigenvalue weighted by Crippen LogP contribution is -2.25. The van der Waals surface area contributed by atoms with Crippen LogP contribution in [0.4, 0.5) is 0 Å². The van der Waals surface area contributed by atoms with E-state index >= 15 is 0 Å². The van der Waals surface area contributed by atoms with Crippen molar-refractivity contribution in [3.05, 3.63) is 28.8 Å². The van der Waals surface area contributed by atoms with Gasteiger partial charge in [0.25, 0.3) is 0 Å². The van der Waals surface area contributed by atoms with Crippen molar-refractivity contribution >= 4 is 0 Å². The van der Waals surface area contributed by atoms with Crippen molar-refractivity contribution in [1.29, 1.82) is 0 Å². The number of aliphatic hydroxyl groups is 1. The van der Waals surface area contributed by atoms with E-state index in [1.807, 2.05) is 0 Å². The van der Waals surface area contributed by atoms with Crippen LogP contribution in [0.5, 0.6) is 5.75 Å². The molecule has 1 aromatic carbocycles. The first-order valence-corrected chi connectivity index (χ1v) is 8.22.